The summed E-state index contributed by atoms with van der Waals surface area (Å²) in [6.07, 6.45) is 13.3. The highest BCUT2D eigenvalue weighted by atomic mass is 14.5. The van der Waals surface area contributed by atoms with Gasteiger partial charge in [-0.25, -0.2) is 0 Å². The van der Waals surface area contributed by atoms with Gasteiger partial charge in [0.15, 0.2) is 0 Å². The third kappa shape index (κ3) is 2.15. The van der Waals surface area contributed by atoms with Gasteiger partial charge < -0.3 is 0 Å². The minimum Gasteiger partial charge on any atom is -0.198 e. The Morgan fingerprint density at radius 3 is 2.18 bits per heavy atom. The molecular formula is C16H23N. The Morgan fingerprint density at radius 1 is 1.18 bits per heavy atom. The van der Waals surface area contributed by atoms with E-state index in [1.807, 2.05) is 0 Å². The molecule has 4 rings (SSSR count). The predicted molar refractivity (Wildman–Crippen MR) is 69.2 cm³/mol. The summed E-state index contributed by atoms with van der Waals surface area (Å²) in [5, 5.41) is 8.71. The highest BCUT2D eigenvalue weighted by molar-refractivity contribution is 5.09. The van der Waals surface area contributed by atoms with Crippen LogP contribution in [-0.4, -0.2) is 0 Å². The number of rotatable bonds is 3. The van der Waals surface area contributed by atoms with Crippen LogP contribution in [-0.2, 0) is 0 Å². The van der Waals surface area contributed by atoms with E-state index in [1.165, 1.54) is 50.5 Å². The second-order valence-electron chi connectivity index (χ2n) is 7.01. The van der Waals surface area contributed by atoms with Crippen molar-refractivity contribution >= 4 is 0 Å². The molecule has 0 aromatic carbocycles. The summed E-state index contributed by atoms with van der Waals surface area (Å²) in [4.78, 5) is 0. The van der Waals surface area contributed by atoms with E-state index in [0.29, 0.717) is 11.8 Å². The third-order valence-corrected chi connectivity index (χ3v) is 5.41. The highest BCUT2D eigenvalue weighted by Gasteiger charge is 2.50. The Balaban J connectivity index is 1.70. The zero-order valence-corrected chi connectivity index (χ0v) is 10.9. The van der Waals surface area contributed by atoms with Crippen LogP contribution in [0.2, 0.25) is 0 Å². The van der Waals surface area contributed by atoms with E-state index in [0.717, 1.165) is 17.8 Å². The van der Waals surface area contributed by atoms with Crippen LogP contribution in [0.1, 0.15) is 58.3 Å². The predicted octanol–water partition coefficient (Wildman–Crippen LogP) is 4.45. The van der Waals surface area contributed by atoms with Gasteiger partial charge in [0.1, 0.15) is 0 Å². The van der Waals surface area contributed by atoms with Crippen LogP contribution in [0.25, 0.3) is 0 Å². The molecule has 0 atom stereocenters. The Labute approximate surface area is 105 Å². The number of nitrogens with zero attached hydrogens (tertiary/aromatic N) is 1. The highest BCUT2D eigenvalue weighted by Crippen LogP contribution is 2.61. The summed E-state index contributed by atoms with van der Waals surface area (Å²) in [6, 6.07) is 2.26. The molecule has 0 radical (unpaired) electrons. The summed E-state index contributed by atoms with van der Waals surface area (Å²) in [6.45, 7) is 2.11. The van der Waals surface area contributed by atoms with Gasteiger partial charge >= 0.3 is 0 Å². The molecule has 0 aromatic heterocycles. The van der Waals surface area contributed by atoms with E-state index in [-0.39, 0.29) is 0 Å². The average molecular weight is 229 g/mol. The molecule has 0 N–H and O–H groups in total. The van der Waals surface area contributed by atoms with Gasteiger partial charge in [-0.05, 0) is 75.0 Å². The van der Waals surface area contributed by atoms with E-state index in [2.05, 4.69) is 19.1 Å². The standard InChI is InChI=1S/C16H23N/c1-12(3-5-17)2-4-16-9-13-6-14(10-16)8-15(7-13)11-16/h2,13-15H,3-4,6-11H2,1H3/b12-2+. The second-order valence-corrected chi connectivity index (χ2v) is 7.01. The van der Waals surface area contributed by atoms with Gasteiger partial charge in [0.2, 0.25) is 0 Å². The number of allylic oxidation sites excluding steroid dienone is 2. The van der Waals surface area contributed by atoms with Gasteiger partial charge in [-0.3, -0.25) is 0 Å². The lowest BCUT2D eigenvalue weighted by molar-refractivity contribution is -0.0507. The molecule has 1 nitrogen and oxygen atoms in total. The lowest BCUT2D eigenvalue weighted by Gasteiger charge is -2.56. The van der Waals surface area contributed by atoms with E-state index in [1.54, 1.807) is 0 Å². The normalized spacial score (nSPS) is 43.8. The van der Waals surface area contributed by atoms with Gasteiger partial charge in [-0.15, -0.1) is 0 Å². The van der Waals surface area contributed by atoms with Crippen LogP contribution in [0, 0.1) is 34.5 Å². The van der Waals surface area contributed by atoms with Crippen LogP contribution < -0.4 is 0 Å². The molecule has 92 valence electrons. The second kappa shape index (κ2) is 4.16. The topological polar surface area (TPSA) is 23.8 Å². The van der Waals surface area contributed by atoms with Crippen LogP contribution in [0.3, 0.4) is 0 Å². The minimum absolute atomic E-state index is 0.617. The first-order valence-electron chi connectivity index (χ1n) is 7.22. The monoisotopic (exact) mass is 229 g/mol. The first-order chi connectivity index (χ1) is 8.19. The SMILES string of the molecule is C/C(=C\CC12CC3CC(CC(C3)C1)C2)CC#N. The molecule has 4 bridgehead atoms. The Kier molecular flexibility index (Phi) is 2.77. The molecule has 0 heterocycles. The summed E-state index contributed by atoms with van der Waals surface area (Å²) >= 11 is 0. The fraction of sp³-hybridized carbons (Fsp3) is 0.812. The number of hydrogen-bond acceptors (Lipinski definition) is 1. The van der Waals surface area contributed by atoms with E-state index in [4.69, 9.17) is 5.26 Å². The fourth-order valence-corrected chi connectivity index (χ4v) is 5.13. The number of nitriles is 1. The zero-order chi connectivity index (χ0) is 11.9. The zero-order valence-electron chi connectivity index (χ0n) is 10.9. The van der Waals surface area contributed by atoms with Crippen molar-refractivity contribution in [2.24, 2.45) is 23.2 Å². The molecule has 4 aliphatic rings. The maximum Gasteiger partial charge on any atom is 0.0666 e. The quantitative estimate of drug-likeness (QED) is 0.656. The molecule has 0 amide bonds. The minimum atomic E-state index is 0.617. The molecular weight excluding hydrogens is 206 g/mol. The number of hydrogen-bond donors (Lipinski definition) is 0. The summed E-state index contributed by atoms with van der Waals surface area (Å²) in [7, 11) is 0. The Bertz CT molecular complexity index is 336. The van der Waals surface area contributed by atoms with Crippen molar-refractivity contribution < 1.29 is 0 Å². The molecule has 17 heavy (non-hydrogen) atoms. The van der Waals surface area contributed by atoms with Gasteiger partial charge in [0.05, 0.1) is 12.5 Å². The summed E-state index contributed by atoms with van der Waals surface area (Å²) in [5.41, 5.74) is 1.93. The molecule has 1 heteroatoms. The molecule has 4 saturated carbocycles. The van der Waals surface area contributed by atoms with Crippen LogP contribution in [0.4, 0.5) is 0 Å². The first kappa shape index (κ1) is 11.3. The maximum atomic E-state index is 8.71. The van der Waals surface area contributed by atoms with Gasteiger partial charge in [-0.2, -0.15) is 5.26 Å². The lowest BCUT2D eigenvalue weighted by Crippen LogP contribution is -2.45. The van der Waals surface area contributed by atoms with Gasteiger partial charge in [0.25, 0.3) is 0 Å². The first-order valence-corrected chi connectivity index (χ1v) is 7.22. The van der Waals surface area contributed by atoms with E-state index < -0.39 is 0 Å². The van der Waals surface area contributed by atoms with Crippen molar-refractivity contribution in [3.05, 3.63) is 11.6 Å². The lowest BCUT2D eigenvalue weighted by atomic mass is 9.49. The Hall–Kier alpha value is -0.770. The summed E-state index contributed by atoms with van der Waals surface area (Å²) in [5.74, 6) is 3.14. The molecule has 0 spiro atoms. The molecule has 4 fully saturated rings. The van der Waals surface area contributed by atoms with E-state index in [9.17, 15) is 0 Å². The van der Waals surface area contributed by atoms with Crippen LogP contribution >= 0.6 is 0 Å². The maximum absolute atomic E-state index is 8.71. The van der Waals surface area contributed by atoms with Crippen molar-refractivity contribution in [1.82, 2.24) is 0 Å². The van der Waals surface area contributed by atoms with Gasteiger partial charge in [-0.1, -0.05) is 11.6 Å². The van der Waals surface area contributed by atoms with Crippen LogP contribution in [0.5, 0.6) is 0 Å². The fourth-order valence-electron chi connectivity index (χ4n) is 5.13. The summed E-state index contributed by atoms with van der Waals surface area (Å²) < 4.78 is 0. The molecule has 0 aromatic rings. The molecule has 0 saturated heterocycles. The average Bonchev–Trinajstić information content (AvgIpc) is 2.25. The largest absolute Gasteiger partial charge is 0.198 e. The third-order valence-electron chi connectivity index (χ3n) is 5.41. The Morgan fingerprint density at radius 2 is 1.71 bits per heavy atom. The molecule has 4 aliphatic carbocycles. The van der Waals surface area contributed by atoms with E-state index >= 15 is 0 Å². The molecule has 0 unspecified atom stereocenters. The van der Waals surface area contributed by atoms with Crippen molar-refractivity contribution in [2.75, 3.05) is 0 Å². The smallest absolute Gasteiger partial charge is 0.0666 e. The van der Waals surface area contributed by atoms with Gasteiger partial charge in [0, 0.05) is 0 Å². The van der Waals surface area contributed by atoms with Crippen molar-refractivity contribution in [2.45, 2.75) is 58.3 Å². The van der Waals surface area contributed by atoms with Crippen molar-refractivity contribution in [3.63, 3.8) is 0 Å². The molecule has 0 aliphatic heterocycles. The van der Waals surface area contributed by atoms with Crippen LogP contribution in [0.15, 0.2) is 11.6 Å². The van der Waals surface area contributed by atoms with Crippen molar-refractivity contribution in [1.29, 1.82) is 5.26 Å². The van der Waals surface area contributed by atoms with Crippen molar-refractivity contribution in [3.8, 4) is 6.07 Å².